The Balaban J connectivity index is 1.75. The van der Waals surface area contributed by atoms with Gasteiger partial charge in [0.1, 0.15) is 11.5 Å². The minimum Gasteiger partial charge on any atom is -0.465 e. The van der Waals surface area contributed by atoms with Crippen molar-refractivity contribution < 1.29 is 9.15 Å². The second-order valence-electron chi connectivity index (χ2n) is 7.84. The zero-order chi connectivity index (χ0) is 17.2. The fourth-order valence-electron chi connectivity index (χ4n) is 3.37. The molecule has 5 nitrogen and oxygen atoms in total. The summed E-state index contributed by atoms with van der Waals surface area (Å²) in [4.78, 5) is 2.41. The van der Waals surface area contributed by atoms with Crippen molar-refractivity contribution in [2.75, 3.05) is 13.2 Å². The number of aryl methyl sites for hydroxylation is 1. The molecule has 0 unspecified atom stereocenters. The third kappa shape index (κ3) is 4.28. The van der Waals surface area contributed by atoms with E-state index in [1.54, 1.807) is 0 Å². The van der Waals surface area contributed by atoms with Gasteiger partial charge in [0.15, 0.2) is 0 Å². The van der Waals surface area contributed by atoms with Crippen molar-refractivity contribution in [1.29, 1.82) is 0 Å². The lowest BCUT2D eigenvalue weighted by molar-refractivity contribution is 0.0652. The third-order valence-corrected chi connectivity index (χ3v) is 4.52. The highest BCUT2D eigenvalue weighted by Gasteiger charge is 2.24. The first-order valence-corrected chi connectivity index (χ1v) is 8.84. The molecule has 1 saturated heterocycles. The number of nitrogens with zero attached hydrogens (tertiary/aromatic N) is 2. The van der Waals surface area contributed by atoms with Crippen LogP contribution in [0.2, 0.25) is 0 Å². The number of ether oxygens (including phenoxy) is 1. The van der Waals surface area contributed by atoms with Crippen LogP contribution in [0.3, 0.4) is 0 Å². The van der Waals surface area contributed by atoms with Gasteiger partial charge in [-0.15, -0.1) is 0 Å². The quantitative estimate of drug-likeness (QED) is 0.875. The van der Waals surface area contributed by atoms with Gasteiger partial charge in [0.2, 0.25) is 0 Å². The molecule has 132 valence electrons. The molecular weight excluding hydrogens is 302 g/mol. The monoisotopic (exact) mass is 331 g/mol. The highest BCUT2D eigenvalue weighted by molar-refractivity contribution is 5.23. The van der Waals surface area contributed by atoms with Gasteiger partial charge < -0.3 is 9.15 Å². The molecule has 0 spiro atoms. The second kappa shape index (κ2) is 7.11. The fraction of sp³-hybridized carbons (Fsp3) is 0.632. The van der Waals surface area contributed by atoms with Crippen LogP contribution < -0.4 is 0 Å². The largest absolute Gasteiger partial charge is 0.465 e. The number of aromatic nitrogens is 2. The molecule has 0 saturated carbocycles. The Morgan fingerprint density at radius 3 is 2.75 bits per heavy atom. The summed E-state index contributed by atoms with van der Waals surface area (Å²) in [6.45, 7) is 12.1. The van der Waals surface area contributed by atoms with E-state index in [4.69, 9.17) is 9.15 Å². The Hall–Kier alpha value is -1.59. The summed E-state index contributed by atoms with van der Waals surface area (Å²) in [6.07, 6.45) is 4.59. The summed E-state index contributed by atoms with van der Waals surface area (Å²) < 4.78 is 11.6. The number of hydrogen-bond donors (Lipinski definition) is 1. The van der Waals surface area contributed by atoms with Gasteiger partial charge in [-0.05, 0) is 31.9 Å². The molecule has 1 atom stereocenters. The zero-order valence-electron chi connectivity index (χ0n) is 15.3. The Morgan fingerprint density at radius 2 is 2.12 bits per heavy atom. The maximum Gasteiger partial charge on any atom is 0.118 e. The Kier molecular flexibility index (Phi) is 5.11. The molecule has 3 heterocycles. The van der Waals surface area contributed by atoms with Gasteiger partial charge in [0, 0.05) is 36.4 Å². The molecule has 1 aliphatic rings. The Labute approximate surface area is 144 Å². The number of aromatic amines is 1. The van der Waals surface area contributed by atoms with Gasteiger partial charge in [-0.2, -0.15) is 5.10 Å². The molecular formula is C19H29N3O2. The maximum absolute atomic E-state index is 5.85. The van der Waals surface area contributed by atoms with Gasteiger partial charge in [-0.1, -0.05) is 20.8 Å². The van der Waals surface area contributed by atoms with E-state index in [-0.39, 0.29) is 5.41 Å². The van der Waals surface area contributed by atoms with Crippen LogP contribution in [0, 0.1) is 6.92 Å². The van der Waals surface area contributed by atoms with E-state index in [1.807, 2.05) is 19.2 Å². The summed E-state index contributed by atoms with van der Waals surface area (Å²) >= 11 is 0. The molecule has 0 amide bonds. The molecule has 1 fully saturated rings. The standard InChI is InChI=1S/C19H29N3O2/c1-14-7-8-17(24-14)13-22(12-16-6-5-9-23-16)11-15-10-20-21-18(15)19(2,3)4/h7-8,10,16H,5-6,9,11-13H2,1-4H3,(H,20,21)/t16-/m0/s1. The predicted molar refractivity (Wildman–Crippen MR) is 93.8 cm³/mol. The number of rotatable bonds is 6. The molecule has 24 heavy (non-hydrogen) atoms. The fourth-order valence-corrected chi connectivity index (χ4v) is 3.37. The first-order valence-electron chi connectivity index (χ1n) is 8.84. The topological polar surface area (TPSA) is 54.3 Å². The highest BCUT2D eigenvalue weighted by Crippen LogP contribution is 2.25. The number of hydrogen-bond acceptors (Lipinski definition) is 4. The molecule has 3 rings (SSSR count). The summed E-state index contributed by atoms with van der Waals surface area (Å²) in [7, 11) is 0. The van der Waals surface area contributed by atoms with Crippen molar-refractivity contribution in [2.45, 2.75) is 65.1 Å². The molecule has 0 aromatic carbocycles. The Morgan fingerprint density at radius 1 is 1.29 bits per heavy atom. The van der Waals surface area contributed by atoms with Crippen molar-refractivity contribution in [1.82, 2.24) is 15.1 Å². The van der Waals surface area contributed by atoms with Crippen LogP contribution in [-0.4, -0.2) is 34.4 Å². The minimum absolute atomic E-state index is 0.0582. The van der Waals surface area contributed by atoms with E-state index in [9.17, 15) is 0 Å². The van der Waals surface area contributed by atoms with Crippen LogP contribution in [0.15, 0.2) is 22.7 Å². The van der Waals surface area contributed by atoms with Crippen LogP contribution in [-0.2, 0) is 23.2 Å². The van der Waals surface area contributed by atoms with Gasteiger partial charge in [0.25, 0.3) is 0 Å². The first kappa shape index (κ1) is 17.2. The van der Waals surface area contributed by atoms with Crippen LogP contribution in [0.25, 0.3) is 0 Å². The summed E-state index contributed by atoms with van der Waals surface area (Å²) in [5, 5.41) is 7.46. The molecule has 2 aromatic heterocycles. The van der Waals surface area contributed by atoms with Gasteiger partial charge >= 0.3 is 0 Å². The van der Waals surface area contributed by atoms with Crippen LogP contribution in [0.1, 0.15) is 56.4 Å². The first-order chi connectivity index (χ1) is 11.4. The average Bonchev–Trinajstić information content (AvgIpc) is 3.20. The maximum atomic E-state index is 5.85. The van der Waals surface area contributed by atoms with Crippen molar-refractivity contribution in [3.05, 3.63) is 41.1 Å². The normalized spacial score (nSPS) is 18.6. The van der Waals surface area contributed by atoms with Gasteiger partial charge in [-0.3, -0.25) is 10.00 Å². The van der Waals surface area contributed by atoms with Crippen molar-refractivity contribution >= 4 is 0 Å². The second-order valence-corrected chi connectivity index (χ2v) is 7.84. The number of nitrogens with one attached hydrogen (secondary N) is 1. The predicted octanol–water partition coefficient (Wildman–Crippen LogP) is 3.79. The van der Waals surface area contributed by atoms with Crippen LogP contribution >= 0.6 is 0 Å². The van der Waals surface area contributed by atoms with Crippen molar-refractivity contribution in [3.63, 3.8) is 0 Å². The number of furan rings is 1. The lowest BCUT2D eigenvalue weighted by atomic mass is 9.89. The van der Waals surface area contributed by atoms with E-state index in [0.29, 0.717) is 6.10 Å². The smallest absolute Gasteiger partial charge is 0.118 e. The summed E-state index contributed by atoms with van der Waals surface area (Å²) in [5.41, 5.74) is 2.52. The molecule has 0 radical (unpaired) electrons. The van der Waals surface area contributed by atoms with E-state index in [1.165, 1.54) is 11.3 Å². The summed E-state index contributed by atoms with van der Waals surface area (Å²) in [5.74, 6) is 1.96. The van der Waals surface area contributed by atoms with E-state index in [2.05, 4.69) is 41.9 Å². The zero-order valence-corrected chi connectivity index (χ0v) is 15.3. The van der Waals surface area contributed by atoms with E-state index >= 15 is 0 Å². The van der Waals surface area contributed by atoms with Gasteiger partial charge in [-0.25, -0.2) is 0 Å². The van der Waals surface area contributed by atoms with Gasteiger partial charge in [0.05, 0.1) is 18.8 Å². The number of H-pyrrole nitrogens is 1. The van der Waals surface area contributed by atoms with Crippen molar-refractivity contribution in [2.24, 2.45) is 0 Å². The SMILES string of the molecule is Cc1ccc(CN(Cc2cn[nH]c2C(C)(C)C)C[C@@H]2CCCO2)o1. The molecule has 1 N–H and O–H groups in total. The molecule has 0 bridgehead atoms. The molecule has 1 aliphatic heterocycles. The van der Waals surface area contributed by atoms with Crippen molar-refractivity contribution in [3.8, 4) is 0 Å². The third-order valence-electron chi connectivity index (χ3n) is 4.52. The molecule has 5 heteroatoms. The summed E-state index contributed by atoms with van der Waals surface area (Å²) in [6, 6.07) is 4.09. The lowest BCUT2D eigenvalue weighted by Gasteiger charge is -2.26. The average molecular weight is 331 g/mol. The van der Waals surface area contributed by atoms with E-state index in [0.717, 1.165) is 50.6 Å². The minimum atomic E-state index is 0.0582. The Bertz CT molecular complexity index is 648. The molecule has 2 aromatic rings. The van der Waals surface area contributed by atoms with Crippen LogP contribution in [0.4, 0.5) is 0 Å². The molecule has 0 aliphatic carbocycles. The highest BCUT2D eigenvalue weighted by atomic mass is 16.5. The lowest BCUT2D eigenvalue weighted by Crippen LogP contribution is -2.32. The van der Waals surface area contributed by atoms with Crippen LogP contribution in [0.5, 0.6) is 0 Å². The van der Waals surface area contributed by atoms with E-state index < -0.39 is 0 Å².